The van der Waals surface area contributed by atoms with Gasteiger partial charge < -0.3 is 5.11 Å². The zero-order valence-corrected chi connectivity index (χ0v) is 14.8. The first-order chi connectivity index (χ1) is 8.68. The number of halogens is 2. The first kappa shape index (κ1) is 17.1. The lowest BCUT2D eigenvalue weighted by atomic mass is 10.0. The molecule has 0 amide bonds. The Morgan fingerprint density at radius 2 is 2.00 bits per heavy atom. The Balaban J connectivity index is 2.90. The second-order valence-electron chi connectivity index (χ2n) is 4.65. The molecule has 108 valence electrons. The minimum absolute atomic E-state index is 0.0118. The maximum atomic E-state index is 12.2. The Morgan fingerprint density at radius 1 is 1.37 bits per heavy atom. The molecule has 0 saturated carbocycles. The van der Waals surface area contributed by atoms with Gasteiger partial charge in [0.15, 0.2) is 0 Å². The molecule has 0 bridgehead atoms. The van der Waals surface area contributed by atoms with Crippen LogP contribution in [0.25, 0.3) is 0 Å². The quantitative estimate of drug-likeness (QED) is 0.751. The molecule has 0 fully saturated rings. The van der Waals surface area contributed by atoms with Gasteiger partial charge in [0.1, 0.15) is 0 Å². The standard InChI is InChI=1S/C12H17Br2NO3S/c1-3-6-12(2,16)8-15-19(17,18)11-7-9(13)4-5-10(11)14/h4-5,7,15-16H,3,6,8H2,1-2H3. The molecular weight excluding hydrogens is 398 g/mol. The highest BCUT2D eigenvalue weighted by atomic mass is 79.9. The third-order valence-corrected chi connectivity index (χ3v) is 5.50. The van der Waals surface area contributed by atoms with Gasteiger partial charge in [-0.1, -0.05) is 29.3 Å². The van der Waals surface area contributed by atoms with Gasteiger partial charge in [0.25, 0.3) is 0 Å². The van der Waals surface area contributed by atoms with Crippen molar-refractivity contribution in [2.24, 2.45) is 0 Å². The fourth-order valence-electron chi connectivity index (χ4n) is 1.64. The summed E-state index contributed by atoms with van der Waals surface area (Å²) >= 11 is 6.46. The minimum Gasteiger partial charge on any atom is -0.389 e. The first-order valence-electron chi connectivity index (χ1n) is 5.85. The van der Waals surface area contributed by atoms with E-state index in [9.17, 15) is 13.5 Å². The van der Waals surface area contributed by atoms with Crippen LogP contribution in [0.2, 0.25) is 0 Å². The highest BCUT2D eigenvalue weighted by Crippen LogP contribution is 2.25. The van der Waals surface area contributed by atoms with Crippen LogP contribution in [-0.4, -0.2) is 25.7 Å². The van der Waals surface area contributed by atoms with Crippen LogP contribution in [-0.2, 0) is 10.0 Å². The minimum atomic E-state index is -3.65. The summed E-state index contributed by atoms with van der Waals surface area (Å²) in [6.45, 7) is 3.55. The monoisotopic (exact) mass is 413 g/mol. The van der Waals surface area contributed by atoms with E-state index in [1.54, 1.807) is 19.1 Å². The zero-order chi connectivity index (χ0) is 14.7. The molecule has 0 aliphatic carbocycles. The van der Waals surface area contributed by atoms with Gasteiger partial charge in [0.2, 0.25) is 10.0 Å². The number of benzene rings is 1. The Hall–Kier alpha value is 0.0500. The molecule has 0 radical (unpaired) electrons. The molecule has 1 rings (SSSR count). The van der Waals surface area contributed by atoms with E-state index in [0.717, 1.165) is 6.42 Å². The Morgan fingerprint density at radius 3 is 2.58 bits per heavy atom. The summed E-state index contributed by atoms with van der Waals surface area (Å²) < 4.78 is 28.0. The van der Waals surface area contributed by atoms with Crippen molar-refractivity contribution < 1.29 is 13.5 Å². The second-order valence-corrected chi connectivity index (χ2v) is 8.15. The van der Waals surface area contributed by atoms with Crippen LogP contribution in [0, 0.1) is 0 Å². The topological polar surface area (TPSA) is 66.4 Å². The van der Waals surface area contributed by atoms with E-state index in [1.165, 1.54) is 6.07 Å². The number of hydrogen-bond donors (Lipinski definition) is 2. The maximum absolute atomic E-state index is 12.2. The third-order valence-electron chi connectivity index (χ3n) is 2.61. The van der Waals surface area contributed by atoms with Crippen molar-refractivity contribution in [3.63, 3.8) is 0 Å². The molecule has 1 aromatic carbocycles. The number of rotatable bonds is 6. The van der Waals surface area contributed by atoms with Gasteiger partial charge in [-0.25, -0.2) is 13.1 Å². The molecule has 0 spiro atoms. The van der Waals surface area contributed by atoms with E-state index in [4.69, 9.17) is 0 Å². The van der Waals surface area contributed by atoms with Crippen molar-refractivity contribution in [1.82, 2.24) is 4.72 Å². The fourth-order valence-corrected chi connectivity index (χ4v) is 4.30. The van der Waals surface area contributed by atoms with Crippen molar-refractivity contribution >= 4 is 41.9 Å². The van der Waals surface area contributed by atoms with Crippen molar-refractivity contribution in [2.75, 3.05) is 6.54 Å². The highest BCUT2D eigenvalue weighted by molar-refractivity contribution is 9.11. The molecule has 0 aliphatic rings. The van der Waals surface area contributed by atoms with Gasteiger partial charge in [0.05, 0.1) is 10.5 Å². The molecule has 0 aliphatic heterocycles. The van der Waals surface area contributed by atoms with Gasteiger partial charge >= 0.3 is 0 Å². The predicted octanol–water partition coefficient (Wildman–Crippen LogP) is 3.04. The summed E-state index contributed by atoms with van der Waals surface area (Å²) in [6.07, 6.45) is 1.32. The number of aliphatic hydroxyl groups is 1. The van der Waals surface area contributed by atoms with Crippen molar-refractivity contribution in [1.29, 1.82) is 0 Å². The molecule has 0 saturated heterocycles. The largest absolute Gasteiger partial charge is 0.389 e. The van der Waals surface area contributed by atoms with E-state index in [2.05, 4.69) is 36.6 Å². The summed E-state index contributed by atoms with van der Waals surface area (Å²) in [4.78, 5) is 0.147. The number of nitrogens with one attached hydrogen (secondary N) is 1. The lowest BCUT2D eigenvalue weighted by Gasteiger charge is -2.23. The second kappa shape index (κ2) is 6.67. The summed E-state index contributed by atoms with van der Waals surface area (Å²) in [5.41, 5.74) is -1.04. The van der Waals surface area contributed by atoms with Crippen LogP contribution in [0.5, 0.6) is 0 Å². The van der Waals surface area contributed by atoms with E-state index in [-0.39, 0.29) is 11.4 Å². The fraction of sp³-hybridized carbons (Fsp3) is 0.500. The molecule has 4 nitrogen and oxygen atoms in total. The lowest BCUT2D eigenvalue weighted by Crippen LogP contribution is -2.40. The Labute approximate surface area is 130 Å². The number of sulfonamides is 1. The van der Waals surface area contributed by atoms with E-state index in [1.807, 2.05) is 6.92 Å². The molecular formula is C12H17Br2NO3S. The molecule has 1 unspecified atom stereocenters. The summed E-state index contributed by atoms with van der Waals surface area (Å²) in [7, 11) is -3.65. The van der Waals surface area contributed by atoms with Gasteiger partial charge in [-0.3, -0.25) is 0 Å². The molecule has 1 aromatic rings. The molecule has 0 heterocycles. The van der Waals surface area contributed by atoms with Crippen LogP contribution in [0.3, 0.4) is 0 Å². The third kappa shape index (κ3) is 5.15. The van der Waals surface area contributed by atoms with Crippen LogP contribution in [0.4, 0.5) is 0 Å². The van der Waals surface area contributed by atoms with E-state index < -0.39 is 15.6 Å². The van der Waals surface area contributed by atoms with Gasteiger partial charge in [-0.05, 0) is 47.5 Å². The van der Waals surface area contributed by atoms with E-state index >= 15 is 0 Å². The average Bonchev–Trinajstić information content (AvgIpc) is 2.30. The summed E-state index contributed by atoms with van der Waals surface area (Å²) in [6, 6.07) is 4.92. The summed E-state index contributed by atoms with van der Waals surface area (Å²) in [5, 5.41) is 10.0. The lowest BCUT2D eigenvalue weighted by molar-refractivity contribution is 0.0554. The van der Waals surface area contributed by atoms with Crippen molar-refractivity contribution in [3.05, 3.63) is 27.1 Å². The molecule has 7 heteroatoms. The smallest absolute Gasteiger partial charge is 0.241 e. The van der Waals surface area contributed by atoms with Gasteiger partial charge in [-0.15, -0.1) is 0 Å². The van der Waals surface area contributed by atoms with Crippen LogP contribution >= 0.6 is 31.9 Å². The predicted molar refractivity (Wildman–Crippen MR) is 82.6 cm³/mol. The van der Waals surface area contributed by atoms with Crippen LogP contribution in [0.15, 0.2) is 32.0 Å². The van der Waals surface area contributed by atoms with E-state index in [0.29, 0.717) is 15.4 Å². The summed E-state index contributed by atoms with van der Waals surface area (Å²) in [5.74, 6) is 0. The van der Waals surface area contributed by atoms with Gasteiger partial charge in [0, 0.05) is 15.5 Å². The molecule has 2 N–H and O–H groups in total. The van der Waals surface area contributed by atoms with Crippen LogP contribution < -0.4 is 4.72 Å². The van der Waals surface area contributed by atoms with Crippen molar-refractivity contribution in [2.45, 2.75) is 37.2 Å². The molecule has 0 aromatic heterocycles. The van der Waals surface area contributed by atoms with Gasteiger partial charge in [-0.2, -0.15) is 0 Å². The Kier molecular flexibility index (Phi) is 6.00. The van der Waals surface area contributed by atoms with Crippen LogP contribution in [0.1, 0.15) is 26.7 Å². The Bertz CT molecular complexity index is 544. The first-order valence-corrected chi connectivity index (χ1v) is 8.92. The highest BCUT2D eigenvalue weighted by Gasteiger charge is 2.24. The average molecular weight is 415 g/mol. The molecule has 1 atom stereocenters. The van der Waals surface area contributed by atoms with Crippen molar-refractivity contribution in [3.8, 4) is 0 Å². The molecule has 19 heavy (non-hydrogen) atoms. The zero-order valence-electron chi connectivity index (χ0n) is 10.8. The SMILES string of the molecule is CCCC(C)(O)CNS(=O)(=O)c1cc(Br)ccc1Br. The normalized spacial score (nSPS) is 15.2. The maximum Gasteiger partial charge on any atom is 0.241 e. The number of hydrogen-bond acceptors (Lipinski definition) is 3.